The van der Waals surface area contributed by atoms with Crippen molar-refractivity contribution in [3.63, 3.8) is 0 Å². The van der Waals surface area contributed by atoms with Gasteiger partial charge in [0.1, 0.15) is 0 Å². The van der Waals surface area contributed by atoms with Gasteiger partial charge < -0.3 is 10.0 Å². The van der Waals surface area contributed by atoms with Crippen LogP contribution < -0.4 is 4.90 Å². The van der Waals surface area contributed by atoms with Gasteiger partial charge in [-0.25, -0.2) is 4.79 Å². The molecule has 0 saturated carbocycles. The molecule has 1 heterocycles. The van der Waals surface area contributed by atoms with Gasteiger partial charge in [0.25, 0.3) is 0 Å². The molecule has 1 aromatic carbocycles. The number of benzene rings is 1. The molecule has 17 heavy (non-hydrogen) atoms. The second kappa shape index (κ2) is 4.49. The number of aryl methyl sites for hydroxylation is 1. The third-order valence-electron chi connectivity index (χ3n) is 2.75. The standard InChI is InChI=1S/C12H12BrNO3/c1-7-2-3-9(12(16)17)10(4-7)14-6-8(13)5-11(14)15/h2-4,8H,5-6H2,1H3,(H,16,17). The van der Waals surface area contributed by atoms with Gasteiger partial charge in [-0.1, -0.05) is 22.0 Å². The smallest absolute Gasteiger partial charge is 0.337 e. The Kier molecular flexibility index (Phi) is 3.19. The third kappa shape index (κ3) is 2.34. The average molecular weight is 298 g/mol. The van der Waals surface area contributed by atoms with Crippen LogP contribution in [0.25, 0.3) is 0 Å². The van der Waals surface area contributed by atoms with E-state index in [4.69, 9.17) is 5.11 Å². The molecule has 1 fully saturated rings. The van der Waals surface area contributed by atoms with Crippen LogP contribution in [0.4, 0.5) is 5.69 Å². The largest absolute Gasteiger partial charge is 0.478 e. The highest BCUT2D eigenvalue weighted by molar-refractivity contribution is 9.09. The lowest BCUT2D eigenvalue weighted by Gasteiger charge is -2.18. The first-order valence-corrected chi connectivity index (χ1v) is 6.19. The first-order valence-electron chi connectivity index (χ1n) is 5.27. The SMILES string of the molecule is Cc1ccc(C(=O)O)c(N2CC(Br)CC2=O)c1. The van der Waals surface area contributed by atoms with E-state index in [0.29, 0.717) is 18.7 Å². The Morgan fingerprint density at radius 2 is 2.24 bits per heavy atom. The van der Waals surface area contributed by atoms with Crippen molar-refractivity contribution < 1.29 is 14.7 Å². The average Bonchev–Trinajstić information content (AvgIpc) is 2.57. The highest BCUT2D eigenvalue weighted by Gasteiger charge is 2.31. The lowest BCUT2D eigenvalue weighted by Crippen LogP contribution is -2.26. The summed E-state index contributed by atoms with van der Waals surface area (Å²) >= 11 is 3.39. The van der Waals surface area contributed by atoms with E-state index in [1.807, 2.05) is 6.92 Å². The van der Waals surface area contributed by atoms with Gasteiger partial charge in [0, 0.05) is 17.8 Å². The van der Waals surface area contributed by atoms with Gasteiger partial charge in [0.15, 0.2) is 0 Å². The monoisotopic (exact) mass is 297 g/mol. The fourth-order valence-electron chi connectivity index (χ4n) is 1.94. The van der Waals surface area contributed by atoms with Crippen molar-refractivity contribution >= 4 is 33.5 Å². The molecular formula is C12H12BrNO3. The molecule has 0 spiro atoms. The second-order valence-corrected chi connectivity index (χ2v) is 5.43. The number of hydrogen-bond donors (Lipinski definition) is 1. The van der Waals surface area contributed by atoms with E-state index in [-0.39, 0.29) is 16.3 Å². The van der Waals surface area contributed by atoms with Crippen LogP contribution in [0.1, 0.15) is 22.3 Å². The summed E-state index contributed by atoms with van der Waals surface area (Å²) in [5, 5.41) is 9.12. The number of anilines is 1. The number of carboxylic acid groups (broad SMARTS) is 1. The Labute approximate surface area is 107 Å². The van der Waals surface area contributed by atoms with E-state index in [2.05, 4.69) is 15.9 Å². The highest BCUT2D eigenvalue weighted by atomic mass is 79.9. The van der Waals surface area contributed by atoms with Crippen LogP contribution in [0, 0.1) is 6.92 Å². The molecule has 1 aliphatic rings. The van der Waals surface area contributed by atoms with Crippen molar-refractivity contribution in [1.29, 1.82) is 0 Å². The maximum absolute atomic E-state index is 11.8. The van der Waals surface area contributed by atoms with E-state index in [0.717, 1.165) is 5.56 Å². The van der Waals surface area contributed by atoms with Gasteiger partial charge in [0.05, 0.1) is 11.3 Å². The Bertz CT molecular complexity index is 487. The Hall–Kier alpha value is -1.36. The summed E-state index contributed by atoms with van der Waals surface area (Å²) in [6.07, 6.45) is 0.410. The zero-order chi connectivity index (χ0) is 12.6. The van der Waals surface area contributed by atoms with E-state index in [1.165, 1.54) is 4.90 Å². The van der Waals surface area contributed by atoms with Crippen LogP contribution in [0.15, 0.2) is 18.2 Å². The van der Waals surface area contributed by atoms with Gasteiger partial charge in [-0.05, 0) is 24.6 Å². The Morgan fingerprint density at radius 1 is 1.53 bits per heavy atom. The number of aromatic carboxylic acids is 1. The molecule has 1 unspecified atom stereocenters. The maximum atomic E-state index is 11.8. The molecule has 0 radical (unpaired) electrons. The first kappa shape index (κ1) is 12.1. The van der Waals surface area contributed by atoms with Crippen LogP contribution in [0.2, 0.25) is 0 Å². The predicted molar refractivity (Wildman–Crippen MR) is 67.8 cm³/mol. The normalized spacial score (nSPS) is 19.8. The summed E-state index contributed by atoms with van der Waals surface area (Å²) in [5.74, 6) is -1.05. The molecule has 2 rings (SSSR count). The van der Waals surface area contributed by atoms with Crippen molar-refractivity contribution in [1.82, 2.24) is 0 Å². The number of carbonyl (C=O) groups is 2. The summed E-state index contributed by atoms with van der Waals surface area (Å²) in [6.45, 7) is 2.39. The topological polar surface area (TPSA) is 57.6 Å². The van der Waals surface area contributed by atoms with Gasteiger partial charge in [-0.2, -0.15) is 0 Å². The number of amides is 1. The molecule has 1 aromatic rings. The predicted octanol–water partition coefficient (Wildman–Crippen LogP) is 2.19. The first-order chi connectivity index (χ1) is 7.99. The minimum Gasteiger partial charge on any atom is -0.478 e. The number of carboxylic acids is 1. The quantitative estimate of drug-likeness (QED) is 0.852. The minimum atomic E-state index is -1.01. The summed E-state index contributed by atoms with van der Waals surface area (Å²) in [5.41, 5.74) is 1.60. The van der Waals surface area contributed by atoms with Gasteiger partial charge in [0.2, 0.25) is 5.91 Å². The highest BCUT2D eigenvalue weighted by Crippen LogP contribution is 2.29. The van der Waals surface area contributed by atoms with Crippen LogP contribution >= 0.6 is 15.9 Å². The number of carbonyl (C=O) groups excluding carboxylic acids is 1. The molecule has 0 aliphatic carbocycles. The van der Waals surface area contributed by atoms with Crippen molar-refractivity contribution in [3.8, 4) is 0 Å². The van der Waals surface area contributed by atoms with Crippen molar-refractivity contribution in [2.45, 2.75) is 18.2 Å². The zero-order valence-corrected chi connectivity index (χ0v) is 10.9. The van der Waals surface area contributed by atoms with Crippen LogP contribution in [-0.4, -0.2) is 28.4 Å². The van der Waals surface area contributed by atoms with E-state index >= 15 is 0 Å². The summed E-state index contributed by atoms with van der Waals surface area (Å²) in [7, 11) is 0. The van der Waals surface area contributed by atoms with Crippen LogP contribution in [0.5, 0.6) is 0 Å². The molecule has 5 heteroatoms. The lowest BCUT2D eigenvalue weighted by atomic mass is 10.1. The number of hydrogen-bond acceptors (Lipinski definition) is 2. The van der Waals surface area contributed by atoms with E-state index in [9.17, 15) is 9.59 Å². The number of rotatable bonds is 2. The molecule has 1 amide bonds. The fourth-order valence-corrected chi connectivity index (χ4v) is 2.51. The lowest BCUT2D eigenvalue weighted by molar-refractivity contribution is -0.117. The molecule has 4 nitrogen and oxygen atoms in total. The maximum Gasteiger partial charge on any atom is 0.337 e. The molecule has 1 atom stereocenters. The third-order valence-corrected chi connectivity index (χ3v) is 3.37. The molecule has 1 aliphatic heterocycles. The summed E-state index contributed by atoms with van der Waals surface area (Å²) < 4.78 is 0. The fraction of sp³-hybridized carbons (Fsp3) is 0.333. The van der Waals surface area contributed by atoms with Crippen LogP contribution in [-0.2, 0) is 4.79 Å². The van der Waals surface area contributed by atoms with Crippen molar-refractivity contribution in [2.24, 2.45) is 0 Å². The summed E-state index contributed by atoms with van der Waals surface area (Å²) in [4.78, 5) is 24.5. The number of halogens is 1. The number of nitrogens with zero attached hydrogens (tertiary/aromatic N) is 1. The zero-order valence-electron chi connectivity index (χ0n) is 9.31. The molecule has 0 aromatic heterocycles. The molecule has 1 saturated heterocycles. The minimum absolute atomic E-state index is 0.0417. The summed E-state index contributed by atoms with van der Waals surface area (Å²) in [6, 6.07) is 5.02. The van der Waals surface area contributed by atoms with E-state index < -0.39 is 5.97 Å². The Balaban J connectivity index is 2.46. The van der Waals surface area contributed by atoms with Crippen molar-refractivity contribution in [2.75, 3.05) is 11.4 Å². The molecule has 90 valence electrons. The van der Waals surface area contributed by atoms with Crippen molar-refractivity contribution in [3.05, 3.63) is 29.3 Å². The van der Waals surface area contributed by atoms with Crippen LogP contribution in [0.3, 0.4) is 0 Å². The number of alkyl halides is 1. The molecule has 1 N–H and O–H groups in total. The molecule has 0 bridgehead atoms. The van der Waals surface area contributed by atoms with E-state index in [1.54, 1.807) is 18.2 Å². The van der Waals surface area contributed by atoms with Gasteiger partial charge in [-0.15, -0.1) is 0 Å². The van der Waals surface area contributed by atoms with Gasteiger partial charge >= 0.3 is 5.97 Å². The Morgan fingerprint density at radius 3 is 2.76 bits per heavy atom. The second-order valence-electron chi connectivity index (χ2n) is 4.13. The van der Waals surface area contributed by atoms with Gasteiger partial charge in [-0.3, -0.25) is 4.79 Å². The molecular weight excluding hydrogens is 286 g/mol.